The molecule has 0 unspecified atom stereocenters. The summed E-state index contributed by atoms with van der Waals surface area (Å²) in [7, 11) is 0. The largest absolute Gasteiger partial charge is 0.418 e. The normalized spacial score (nSPS) is 18.7. The van der Waals surface area contributed by atoms with Crippen LogP contribution in [0.1, 0.15) is 25.3 Å². The van der Waals surface area contributed by atoms with Gasteiger partial charge in [0.1, 0.15) is 17.8 Å². The van der Waals surface area contributed by atoms with Crippen LogP contribution in [0.5, 0.6) is 0 Å². The van der Waals surface area contributed by atoms with Gasteiger partial charge in [-0.2, -0.15) is 13.2 Å². The summed E-state index contributed by atoms with van der Waals surface area (Å²) in [6, 6.07) is 0.676. The molecule has 0 aliphatic carbocycles. The van der Waals surface area contributed by atoms with Gasteiger partial charge in [-0.05, 0) is 19.8 Å². The maximum atomic E-state index is 12.7. The number of carbonyl (C=O) groups is 1. The van der Waals surface area contributed by atoms with Gasteiger partial charge in [-0.15, -0.1) is 0 Å². The number of carbonyl (C=O) groups excluding carboxylic acids is 1. The zero-order valence-corrected chi connectivity index (χ0v) is 16.9. The van der Waals surface area contributed by atoms with Gasteiger partial charge in [-0.3, -0.25) is 9.69 Å². The number of likely N-dealkylation sites (tertiary alicyclic amines) is 1. The highest BCUT2D eigenvalue weighted by atomic mass is 19.4. The van der Waals surface area contributed by atoms with Gasteiger partial charge in [0, 0.05) is 45.0 Å². The van der Waals surface area contributed by atoms with E-state index in [-0.39, 0.29) is 16.9 Å². The topological polar surface area (TPSA) is 86.4 Å². The summed E-state index contributed by atoms with van der Waals surface area (Å²) < 4.78 is 43.3. The molecule has 0 bridgehead atoms. The van der Waals surface area contributed by atoms with Crippen LogP contribution in [-0.4, -0.2) is 83.1 Å². The maximum absolute atomic E-state index is 12.7. The highest BCUT2D eigenvalue weighted by molar-refractivity contribution is 5.90. The van der Waals surface area contributed by atoms with Crippen LogP contribution in [0.2, 0.25) is 0 Å². The number of hydrogen-bond acceptors (Lipinski definition) is 6. The van der Waals surface area contributed by atoms with Crippen LogP contribution in [0, 0.1) is 0 Å². The van der Waals surface area contributed by atoms with E-state index in [4.69, 9.17) is 4.74 Å². The molecule has 4 rings (SSSR count). The van der Waals surface area contributed by atoms with Gasteiger partial charge >= 0.3 is 6.18 Å². The summed E-state index contributed by atoms with van der Waals surface area (Å²) in [5.74, 6) is 0.195. The highest BCUT2D eigenvalue weighted by Gasteiger charge is 2.35. The summed E-state index contributed by atoms with van der Waals surface area (Å²) in [5, 5.41) is 2.76. The van der Waals surface area contributed by atoms with E-state index in [2.05, 4.69) is 25.2 Å². The molecule has 4 heterocycles. The van der Waals surface area contributed by atoms with Crippen LogP contribution < -0.4 is 5.32 Å². The molecular weight excluding hydrogens is 401 g/mol. The van der Waals surface area contributed by atoms with Gasteiger partial charge in [-0.1, -0.05) is 0 Å². The second-order valence-electron chi connectivity index (χ2n) is 7.20. The number of anilines is 1. The van der Waals surface area contributed by atoms with Crippen LogP contribution in [-0.2, 0) is 15.7 Å². The number of fused-ring (bicyclic) bond motifs is 1. The van der Waals surface area contributed by atoms with Crippen LogP contribution in [0.25, 0.3) is 11.0 Å². The van der Waals surface area contributed by atoms with Gasteiger partial charge in [0.2, 0.25) is 6.41 Å². The molecule has 2 aliphatic heterocycles. The third kappa shape index (κ3) is 5.39. The predicted octanol–water partition coefficient (Wildman–Crippen LogP) is 2.35. The fraction of sp³-hybridized carbons (Fsp3) is 0.632. The van der Waals surface area contributed by atoms with Crippen molar-refractivity contribution in [3.05, 3.63) is 18.1 Å². The Hall–Kier alpha value is -2.40. The van der Waals surface area contributed by atoms with Crippen molar-refractivity contribution in [3.63, 3.8) is 0 Å². The third-order valence-corrected chi connectivity index (χ3v) is 5.33. The number of nitrogens with one attached hydrogen (secondary N) is 2. The van der Waals surface area contributed by atoms with Gasteiger partial charge in [-0.25, -0.2) is 9.97 Å². The zero-order chi connectivity index (χ0) is 21.6. The average Bonchev–Trinajstić information content (AvgIpc) is 3.21. The second-order valence-corrected chi connectivity index (χ2v) is 7.20. The molecule has 0 saturated carbocycles. The Bertz CT molecular complexity index is 814. The van der Waals surface area contributed by atoms with Crippen molar-refractivity contribution in [2.24, 2.45) is 0 Å². The van der Waals surface area contributed by atoms with Gasteiger partial charge in [0.25, 0.3) is 0 Å². The first kappa shape index (κ1) is 22.3. The van der Waals surface area contributed by atoms with Gasteiger partial charge in [0.15, 0.2) is 0 Å². The molecule has 1 amide bonds. The van der Waals surface area contributed by atoms with E-state index in [0.29, 0.717) is 12.6 Å². The maximum Gasteiger partial charge on any atom is 0.418 e. The Kier molecular flexibility index (Phi) is 7.48. The second kappa shape index (κ2) is 10.1. The highest BCUT2D eigenvalue weighted by Crippen LogP contribution is 2.36. The van der Waals surface area contributed by atoms with E-state index in [1.807, 2.05) is 4.90 Å². The van der Waals surface area contributed by atoms with E-state index in [1.54, 1.807) is 6.92 Å². The number of hydrogen-bond donors (Lipinski definition) is 2. The molecule has 8 nitrogen and oxygen atoms in total. The minimum Gasteiger partial charge on any atom is -0.379 e. The fourth-order valence-corrected chi connectivity index (χ4v) is 3.79. The number of H-pyrrole nitrogens is 1. The Balaban J connectivity index is 0.000000172. The first-order valence-corrected chi connectivity index (χ1v) is 10.1. The monoisotopic (exact) mass is 428 g/mol. The molecular formula is C19H27F3N6O2. The van der Waals surface area contributed by atoms with E-state index in [9.17, 15) is 18.0 Å². The van der Waals surface area contributed by atoms with E-state index < -0.39 is 11.7 Å². The van der Waals surface area contributed by atoms with Crippen LogP contribution in [0.15, 0.2) is 12.5 Å². The Morgan fingerprint density at radius 3 is 2.53 bits per heavy atom. The van der Waals surface area contributed by atoms with Crippen LogP contribution >= 0.6 is 0 Å². The molecule has 2 N–H and O–H groups in total. The minimum absolute atomic E-state index is 0.0168. The lowest BCUT2D eigenvalue weighted by molar-refractivity contribution is -0.136. The molecule has 2 fully saturated rings. The molecule has 0 aromatic carbocycles. The molecule has 30 heavy (non-hydrogen) atoms. The lowest BCUT2D eigenvalue weighted by atomic mass is 10.0. The smallest absolute Gasteiger partial charge is 0.379 e. The molecule has 11 heteroatoms. The summed E-state index contributed by atoms with van der Waals surface area (Å²) in [5.41, 5.74) is -0.572. The fourth-order valence-electron chi connectivity index (χ4n) is 3.79. The van der Waals surface area contributed by atoms with Crippen molar-refractivity contribution in [1.82, 2.24) is 24.8 Å². The predicted molar refractivity (Wildman–Crippen MR) is 106 cm³/mol. The number of rotatable bonds is 4. The summed E-state index contributed by atoms with van der Waals surface area (Å²) in [4.78, 5) is 24.9. The number of alkyl halides is 3. The SMILES string of the molecule is CCNc1ncnc2[nH]cc(C(F)(F)F)c12.O=CN1CCC(N2CCOCC2)CC1. The molecule has 2 aromatic heterocycles. The van der Waals surface area contributed by atoms with E-state index in [0.717, 1.165) is 64.8 Å². The lowest BCUT2D eigenvalue weighted by Crippen LogP contribution is -2.48. The van der Waals surface area contributed by atoms with Crippen molar-refractivity contribution >= 4 is 23.3 Å². The van der Waals surface area contributed by atoms with E-state index in [1.165, 1.54) is 6.33 Å². The molecule has 0 spiro atoms. The number of morpholine rings is 1. The summed E-state index contributed by atoms with van der Waals surface area (Å²) in [6.45, 7) is 7.98. The van der Waals surface area contributed by atoms with Crippen molar-refractivity contribution in [2.45, 2.75) is 32.0 Å². The molecule has 2 aromatic rings. The third-order valence-electron chi connectivity index (χ3n) is 5.33. The Morgan fingerprint density at radius 2 is 1.93 bits per heavy atom. The number of aromatic amines is 1. The van der Waals surface area contributed by atoms with Crippen molar-refractivity contribution in [1.29, 1.82) is 0 Å². The van der Waals surface area contributed by atoms with Crippen molar-refractivity contribution in [3.8, 4) is 0 Å². The summed E-state index contributed by atoms with van der Waals surface area (Å²) >= 11 is 0. The zero-order valence-electron chi connectivity index (χ0n) is 16.9. The van der Waals surface area contributed by atoms with Gasteiger partial charge < -0.3 is 19.9 Å². The first-order valence-electron chi connectivity index (χ1n) is 10.1. The lowest BCUT2D eigenvalue weighted by Gasteiger charge is -2.39. The quantitative estimate of drug-likeness (QED) is 0.727. The summed E-state index contributed by atoms with van der Waals surface area (Å²) in [6.07, 6.45) is 0.928. The Morgan fingerprint density at radius 1 is 1.23 bits per heavy atom. The number of ether oxygens (including phenoxy) is 1. The Labute approximate surface area is 172 Å². The van der Waals surface area contributed by atoms with Crippen molar-refractivity contribution in [2.75, 3.05) is 51.3 Å². The minimum atomic E-state index is -4.41. The van der Waals surface area contributed by atoms with Crippen molar-refractivity contribution < 1.29 is 22.7 Å². The first-order chi connectivity index (χ1) is 14.4. The van der Waals surface area contributed by atoms with E-state index >= 15 is 0 Å². The molecule has 2 saturated heterocycles. The van der Waals surface area contributed by atoms with Gasteiger partial charge in [0.05, 0.1) is 24.2 Å². The average molecular weight is 428 g/mol. The number of nitrogens with zero attached hydrogens (tertiary/aromatic N) is 4. The number of halogens is 3. The molecule has 166 valence electrons. The molecule has 2 aliphatic rings. The standard InChI is InChI=1S/C10H18N2O2.C9H9F3N4/c13-9-11-3-1-10(2-4-11)12-5-7-14-8-6-12;1-2-13-7-6-5(9(10,11)12)3-14-8(6)16-4-15-7/h9-10H,1-8H2;3-4H,2H2,1H3,(H2,13,14,15,16). The number of amides is 1. The molecule has 0 atom stereocenters. The van der Waals surface area contributed by atoms with Crippen LogP contribution in [0.4, 0.5) is 19.0 Å². The van der Waals surface area contributed by atoms with Crippen LogP contribution in [0.3, 0.4) is 0 Å². The number of aromatic nitrogens is 3. The molecule has 0 radical (unpaired) electrons. The number of piperidine rings is 1.